The van der Waals surface area contributed by atoms with Crippen molar-refractivity contribution in [3.05, 3.63) is 72.3 Å². The lowest BCUT2D eigenvalue weighted by atomic mass is 10.0. The molecular weight excluding hydrogens is 340 g/mol. The van der Waals surface area contributed by atoms with Gasteiger partial charge < -0.3 is 10.1 Å². The first-order valence-electron chi connectivity index (χ1n) is 8.80. The van der Waals surface area contributed by atoms with Gasteiger partial charge in [0.1, 0.15) is 5.75 Å². The van der Waals surface area contributed by atoms with E-state index in [-0.39, 0.29) is 12.1 Å². The van der Waals surface area contributed by atoms with E-state index in [4.69, 9.17) is 4.74 Å². The Morgan fingerprint density at radius 2 is 1.59 bits per heavy atom. The molecule has 0 aliphatic heterocycles. The quantitative estimate of drug-likeness (QED) is 0.544. The number of amides is 2. The highest BCUT2D eigenvalue weighted by atomic mass is 16.5. The first kappa shape index (κ1) is 18.5. The molecule has 0 atom stereocenters. The molecule has 0 aliphatic carbocycles. The summed E-state index contributed by atoms with van der Waals surface area (Å²) in [7, 11) is 1.69. The summed E-state index contributed by atoms with van der Waals surface area (Å²) in [6.07, 6.45) is 0. The highest BCUT2D eigenvalue weighted by Crippen LogP contribution is 2.23. The number of nitrogens with one attached hydrogen (secondary N) is 1. The van der Waals surface area contributed by atoms with E-state index in [0.29, 0.717) is 17.0 Å². The third-order valence-corrected chi connectivity index (χ3v) is 4.16. The second kappa shape index (κ2) is 7.91. The molecule has 0 heterocycles. The van der Waals surface area contributed by atoms with Crippen LogP contribution < -0.4 is 15.0 Å². The van der Waals surface area contributed by atoms with Crippen LogP contribution in [0.4, 0.5) is 10.5 Å². The summed E-state index contributed by atoms with van der Waals surface area (Å²) >= 11 is 0. The third kappa shape index (κ3) is 4.26. The Morgan fingerprint density at radius 3 is 2.30 bits per heavy atom. The standard InChI is InChI=1S/C22H22N2O3/c1-15(2)23-22(26)24(3)17-11-13-18(14-12-17)27-21(25)20-10-6-8-16-7-4-5-9-19(16)20/h4-15H,1-3H3,(H,23,26). The average molecular weight is 362 g/mol. The summed E-state index contributed by atoms with van der Waals surface area (Å²) < 4.78 is 5.51. The second-order valence-corrected chi connectivity index (χ2v) is 6.57. The fourth-order valence-corrected chi connectivity index (χ4v) is 2.76. The number of urea groups is 1. The van der Waals surface area contributed by atoms with Gasteiger partial charge in [-0.2, -0.15) is 0 Å². The van der Waals surface area contributed by atoms with Crippen molar-refractivity contribution in [3.63, 3.8) is 0 Å². The molecule has 0 aliphatic rings. The maximum absolute atomic E-state index is 12.6. The number of nitrogens with zero attached hydrogens (tertiary/aromatic N) is 1. The predicted molar refractivity (Wildman–Crippen MR) is 107 cm³/mol. The molecule has 1 N–H and O–H groups in total. The molecule has 3 rings (SSSR count). The van der Waals surface area contributed by atoms with E-state index in [2.05, 4.69) is 5.32 Å². The molecule has 138 valence electrons. The minimum absolute atomic E-state index is 0.0564. The highest BCUT2D eigenvalue weighted by Gasteiger charge is 2.14. The summed E-state index contributed by atoms with van der Waals surface area (Å²) in [6, 6.07) is 19.9. The number of carbonyl (C=O) groups is 2. The first-order chi connectivity index (χ1) is 13.0. The van der Waals surface area contributed by atoms with E-state index >= 15 is 0 Å². The number of ether oxygens (including phenoxy) is 1. The van der Waals surface area contributed by atoms with Gasteiger partial charge in [0.15, 0.2) is 0 Å². The van der Waals surface area contributed by atoms with Crippen molar-refractivity contribution < 1.29 is 14.3 Å². The molecule has 0 fully saturated rings. The van der Waals surface area contributed by atoms with Gasteiger partial charge in [0, 0.05) is 18.8 Å². The summed E-state index contributed by atoms with van der Waals surface area (Å²) in [5.74, 6) is 0.0137. The monoisotopic (exact) mass is 362 g/mol. The van der Waals surface area contributed by atoms with Crippen molar-refractivity contribution in [3.8, 4) is 5.75 Å². The van der Waals surface area contributed by atoms with Crippen LogP contribution in [0.5, 0.6) is 5.75 Å². The zero-order valence-electron chi connectivity index (χ0n) is 15.6. The molecule has 5 heteroatoms. The topological polar surface area (TPSA) is 58.6 Å². The van der Waals surface area contributed by atoms with Crippen LogP contribution in [0, 0.1) is 0 Å². The highest BCUT2D eigenvalue weighted by molar-refractivity contribution is 6.05. The van der Waals surface area contributed by atoms with Crippen molar-refractivity contribution in [2.75, 3.05) is 11.9 Å². The molecule has 0 bridgehead atoms. The van der Waals surface area contributed by atoms with Crippen molar-refractivity contribution in [1.82, 2.24) is 5.32 Å². The first-order valence-corrected chi connectivity index (χ1v) is 8.80. The number of hydrogen-bond donors (Lipinski definition) is 1. The smallest absolute Gasteiger partial charge is 0.344 e. The van der Waals surface area contributed by atoms with Gasteiger partial charge in [-0.15, -0.1) is 0 Å². The van der Waals surface area contributed by atoms with Crippen LogP contribution in [-0.2, 0) is 0 Å². The van der Waals surface area contributed by atoms with Crippen molar-refractivity contribution in [2.24, 2.45) is 0 Å². The number of esters is 1. The number of fused-ring (bicyclic) bond motifs is 1. The zero-order chi connectivity index (χ0) is 19.4. The lowest BCUT2D eigenvalue weighted by Gasteiger charge is -2.20. The van der Waals surface area contributed by atoms with Gasteiger partial charge in [-0.25, -0.2) is 9.59 Å². The van der Waals surface area contributed by atoms with E-state index in [1.54, 1.807) is 37.4 Å². The van der Waals surface area contributed by atoms with E-state index < -0.39 is 5.97 Å². The molecule has 2 amide bonds. The van der Waals surface area contributed by atoms with Gasteiger partial charge in [-0.1, -0.05) is 36.4 Å². The second-order valence-electron chi connectivity index (χ2n) is 6.57. The molecule has 27 heavy (non-hydrogen) atoms. The summed E-state index contributed by atoms with van der Waals surface area (Å²) in [5, 5.41) is 4.67. The van der Waals surface area contributed by atoms with Gasteiger partial charge in [-0.05, 0) is 55.0 Å². The van der Waals surface area contributed by atoms with Gasteiger partial charge >= 0.3 is 12.0 Å². The minimum atomic E-state index is -0.412. The fraction of sp³-hybridized carbons (Fsp3) is 0.182. The SMILES string of the molecule is CC(C)NC(=O)N(C)c1ccc(OC(=O)c2cccc3ccccc23)cc1. The molecule has 0 aromatic heterocycles. The summed E-state index contributed by atoms with van der Waals surface area (Å²) in [4.78, 5) is 26.1. The number of rotatable bonds is 4. The van der Waals surface area contributed by atoms with Crippen LogP contribution in [0.15, 0.2) is 66.7 Å². The Balaban J connectivity index is 1.74. The lowest BCUT2D eigenvalue weighted by Crippen LogP contribution is -2.40. The number of hydrogen-bond acceptors (Lipinski definition) is 3. The number of benzene rings is 3. The van der Waals surface area contributed by atoms with Crippen LogP contribution >= 0.6 is 0 Å². The summed E-state index contributed by atoms with van der Waals surface area (Å²) in [5.41, 5.74) is 1.23. The van der Waals surface area contributed by atoms with Crippen LogP contribution in [0.25, 0.3) is 10.8 Å². The molecule has 3 aromatic carbocycles. The van der Waals surface area contributed by atoms with Crippen LogP contribution in [0.2, 0.25) is 0 Å². The zero-order valence-corrected chi connectivity index (χ0v) is 15.6. The Hall–Kier alpha value is -3.34. The molecule has 0 radical (unpaired) electrons. The van der Waals surface area contributed by atoms with Crippen molar-refractivity contribution in [1.29, 1.82) is 0 Å². The number of carbonyl (C=O) groups excluding carboxylic acids is 2. The maximum Gasteiger partial charge on any atom is 0.344 e. The van der Waals surface area contributed by atoms with E-state index in [1.807, 2.05) is 50.2 Å². The molecular formula is C22H22N2O3. The Labute approximate surface area is 158 Å². The third-order valence-electron chi connectivity index (χ3n) is 4.16. The Bertz CT molecular complexity index is 959. The van der Waals surface area contributed by atoms with E-state index in [0.717, 1.165) is 10.8 Å². The average Bonchev–Trinajstić information content (AvgIpc) is 2.67. The lowest BCUT2D eigenvalue weighted by molar-refractivity contribution is 0.0737. The molecule has 5 nitrogen and oxygen atoms in total. The van der Waals surface area contributed by atoms with Gasteiger partial charge in [0.05, 0.1) is 5.56 Å². The van der Waals surface area contributed by atoms with Crippen molar-refractivity contribution >= 4 is 28.5 Å². The molecule has 0 spiro atoms. The summed E-state index contributed by atoms with van der Waals surface area (Å²) in [6.45, 7) is 3.81. The van der Waals surface area contributed by atoms with Gasteiger partial charge in [0.2, 0.25) is 0 Å². The van der Waals surface area contributed by atoms with E-state index in [9.17, 15) is 9.59 Å². The van der Waals surface area contributed by atoms with E-state index in [1.165, 1.54) is 4.90 Å². The van der Waals surface area contributed by atoms with Crippen LogP contribution in [0.1, 0.15) is 24.2 Å². The Kier molecular flexibility index (Phi) is 5.41. The molecule has 0 saturated carbocycles. The molecule has 0 unspecified atom stereocenters. The molecule has 0 saturated heterocycles. The van der Waals surface area contributed by atoms with Crippen molar-refractivity contribution in [2.45, 2.75) is 19.9 Å². The minimum Gasteiger partial charge on any atom is -0.423 e. The van der Waals surface area contributed by atoms with Crippen LogP contribution in [-0.4, -0.2) is 25.1 Å². The maximum atomic E-state index is 12.6. The van der Waals surface area contributed by atoms with Gasteiger partial charge in [0.25, 0.3) is 0 Å². The predicted octanol–water partition coefficient (Wildman–Crippen LogP) is 4.61. The number of anilines is 1. The molecule has 3 aromatic rings. The normalized spacial score (nSPS) is 10.7. The largest absolute Gasteiger partial charge is 0.423 e. The van der Waals surface area contributed by atoms with Gasteiger partial charge in [-0.3, -0.25) is 4.90 Å². The van der Waals surface area contributed by atoms with Crippen LogP contribution in [0.3, 0.4) is 0 Å². The Morgan fingerprint density at radius 1 is 0.926 bits per heavy atom. The fourth-order valence-electron chi connectivity index (χ4n) is 2.76.